The van der Waals surface area contributed by atoms with Gasteiger partial charge in [-0.05, 0) is 54.4 Å². The molecule has 2 nitrogen and oxygen atoms in total. The molecule has 0 bridgehead atoms. The van der Waals surface area contributed by atoms with Crippen molar-refractivity contribution in [1.29, 1.82) is 0 Å². The van der Waals surface area contributed by atoms with E-state index in [2.05, 4.69) is 41.9 Å². The zero-order valence-electron chi connectivity index (χ0n) is 12.3. The summed E-state index contributed by atoms with van der Waals surface area (Å²) in [6, 6.07) is 4.25. The summed E-state index contributed by atoms with van der Waals surface area (Å²) in [5, 5.41) is 10.9. The van der Waals surface area contributed by atoms with Crippen LogP contribution in [0.15, 0.2) is 16.6 Å². The average molecular weight is 339 g/mol. The number of aliphatic hydroxyl groups is 1. The summed E-state index contributed by atoms with van der Waals surface area (Å²) < 4.78 is 6.87. The van der Waals surface area contributed by atoms with Crippen molar-refractivity contribution in [2.24, 2.45) is 5.41 Å². The Morgan fingerprint density at radius 3 is 2.60 bits per heavy atom. The molecule has 0 radical (unpaired) electrons. The van der Waals surface area contributed by atoms with Gasteiger partial charge in [0.2, 0.25) is 0 Å². The third-order valence-corrected chi connectivity index (χ3v) is 5.34. The molecule has 0 spiro atoms. The van der Waals surface area contributed by atoms with Crippen LogP contribution in [-0.2, 0) is 12.8 Å². The molecule has 3 heteroatoms. The van der Waals surface area contributed by atoms with Gasteiger partial charge in [-0.2, -0.15) is 0 Å². The minimum absolute atomic E-state index is 0.377. The zero-order valence-corrected chi connectivity index (χ0v) is 13.9. The van der Waals surface area contributed by atoms with Crippen LogP contribution in [0.25, 0.3) is 0 Å². The van der Waals surface area contributed by atoms with Gasteiger partial charge in [0.15, 0.2) is 0 Å². The van der Waals surface area contributed by atoms with Crippen molar-refractivity contribution in [3.8, 4) is 5.75 Å². The van der Waals surface area contributed by atoms with Crippen LogP contribution < -0.4 is 4.74 Å². The first kappa shape index (κ1) is 14.4. The van der Waals surface area contributed by atoms with E-state index in [1.807, 2.05) is 0 Å². The minimum atomic E-state index is -0.559. The maximum atomic E-state index is 10.9. The second-order valence-electron chi connectivity index (χ2n) is 7.22. The van der Waals surface area contributed by atoms with Gasteiger partial charge in [0.25, 0.3) is 0 Å². The van der Waals surface area contributed by atoms with Crippen LogP contribution >= 0.6 is 15.9 Å². The molecule has 1 aliphatic heterocycles. The van der Waals surface area contributed by atoms with Crippen LogP contribution in [0.5, 0.6) is 5.75 Å². The summed E-state index contributed by atoms with van der Waals surface area (Å²) in [5.74, 6) is 1.02. The van der Waals surface area contributed by atoms with E-state index in [9.17, 15) is 5.11 Å². The van der Waals surface area contributed by atoms with Crippen molar-refractivity contribution in [2.75, 3.05) is 6.61 Å². The van der Waals surface area contributed by atoms with Gasteiger partial charge in [-0.25, -0.2) is 0 Å². The summed E-state index contributed by atoms with van der Waals surface area (Å²) in [4.78, 5) is 0. The first-order chi connectivity index (χ1) is 9.37. The number of rotatable bonds is 2. The number of ether oxygens (including phenoxy) is 1. The van der Waals surface area contributed by atoms with Crippen molar-refractivity contribution in [1.82, 2.24) is 0 Å². The van der Waals surface area contributed by atoms with Crippen molar-refractivity contribution < 1.29 is 9.84 Å². The molecule has 0 aromatic heterocycles. The van der Waals surface area contributed by atoms with E-state index >= 15 is 0 Å². The Hall–Kier alpha value is -0.540. The summed E-state index contributed by atoms with van der Waals surface area (Å²) in [7, 11) is 0. The van der Waals surface area contributed by atoms with E-state index in [4.69, 9.17) is 4.74 Å². The number of hydrogen-bond donors (Lipinski definition) is 1. The molecule has 0 amide bonds. The lowest BCUT2D eigenvalue weighted by atomic mass is 9.69. The highest BCUT2D eigenvalue weighted by Crippen LogP contribution is 2.43. The fourth-order valence-corrected chi connectivity index (χ4v) is 3.95. The predicted molar refractivity (Wildman–Crippen MR) is 84.2 cm³/mol. The topological polar surface area (TPSA) is 29.5 Å². The number of halogens is 1. The van der Waals surface area contributed by atoms with Crippen molar-refractivity contribution >= 4 is 15.9 Å². The smallest absolute Gasteiger partial charge is 0.125 e. The normalized spacial score (nSPS) is 23.2. The number of fused-ring (bicyclic) bond motifs is 1. The molecule has 1 aromatic carbocycles. The van der Waals surface area contributed by atoms with E-state index < -0.39 is 5.60 Å². The summed E-state index contributed by atoms with van der Waals surface area (Å²) in [5.41, 5.74) is 2.25. The average Bonchev–Trinajstić information content (AvgIpc) is 2.82. The molecule has 1 aliphatic carbocycles. The van der Waals surface area contributed by atoms with Crippen LogP contribution in [-0.4, -0.2) is 17.3 Å². The zero-order chi connectivity index (χ0) is 14.4. The lowest BCUT2D eigenvalue weighted by Gasteiger charge is -2.40. The molecule has 2 aliphatic rings. The molecule has 0 unspecified atom stereocenters. The molecule has 1 fully saturated rings. The van der Waals surface area contributed by atoms with E-state index in [-0.39, 0.29) is 0 Å². The summed E-state index contributed by atoms with van der Waals surface area (Å²) >= 11 is 3.58. The van der Waals surface area contributed by atoms with Gasteiger partial charge in [0.1, 0.15) is 5.75 Å². The van der Waals surface area contributed by atoms with E-state index in [1.165, 1.54) is 5.56 Å². The summed E-state index contributed by atoms with van der Waals surface area (Å²) in [6.07, 6.45) is 5.67. The largest absolute Gasteiger partial charge is 0.493 e. The quantitative estimate of drug-likeness (QED) is 0.872. The van der Waals surface area contributed by atoms with Crippen LogP contribution in [0.3, 0.4) is 0 Å². The molecule has 0 atom stereocenters. The first-order valence-corrected chi connectivity index (χ1v) is 8.33. The van der Waals surface area contributed by atoms with Gasteiger partial charge >= 0.3 is 0 Å². The van der Waals surface area contributed by atoms with E-state index in [0.29, 0.717) is 11.8 Å². The second kappa shape index (κ2) is 5.03. The van der Waals surface area contributed by atoms with Crippen molar-refractivity contribution in [3.63, 3.8) is 0 Å². The Labute approximate surface area is 129 Å². The molecule has 20 heavy (non-hydrogen) atoms. The summed E-state index contributed by atoms with van der Waals surface area (Å²) in [6.45, 7) is 5.36. The highest BCUT2D eigenvalue weighted by molar-refractivity contribution is 9.10. The van der Waals surface area contributed by atoms with Gasteiger partial charge < -0.3 is 9.84 Å². The van der Waals surface area contributed by atoms with Crippen LogP contribution in [0.1, 0.15) is 50.7 Å². The van der Waals surface area contributed by atoms with Gasteiger partial charge in [-0.1, -0.05) is 29.8 Å². The van der Waals surface area contributed by atoms with Gasteiger partial charge in [0, 0.05) is 17.3 Å². The fraction of sp³-hybridized carbons (Fsp3) is 0.647. The van der Waals surface area contributed by atoms with Crippen LogP contribution in [0.2, 0.25) is 0 Å². The molecule has 1 aromatic rings. The third kappa shape index (κ3) is 2.89. The highest BCUT2D eigenvalue weighted by atomic mass is 79.9. The Morgan fingerprint density at radius 2 is 1.90 bits per heavy atom. The van der Waals surface area contributed by atoms with E-state index in [1.54, 1.807) is 0 Å². The molecule has 1 heterocycles. The fourth-order valence-electron chi connectivity index (χ4n) is 3.40. The Morgan fingerprint density at radius 1 is 1.20 bits per heavy atom. The Balaban J connectivity index is 1.82. The molecular formula is C17H23BrO2. The molecule has 1 saturated carbocycles. The Bertz CT molecular complexity index is 512. The lowest BCUT2D eigenvalue weighted by molar-refractivity contribution is -0.0254. The van der Waals surface area contributed by atoms with Crippen LogP contribution in [0.4, 0.5) is 0 Å². The minimum Gasteiger partial charge on any atom is -0.493 e. The number of hydrogen-bond acceptors (Lipinski definition) is 2. The Kier molecular flexibility index (Phi) is 3.62. The second-order valence-corrected chi connectivity index (χ2v) is 8.13. The van der Waals surface area contributed by atoms with Crippen molar-refractivity contribution in [2.45, 2.75) is 58.0 Å². The highest BCUT2D eigenvalue weighted by Gasteiger charge is 2.37. The van der Waals surface area contributed by atoms with Gasteiger partial charge in [0.05, 0.1) is 12.2 Å². The van der Waals surface area contributed by atoms with Crippen LogP contribution in [0, 0.1) is 5.41 Å². The lowest BCUT2D eigenvalue weighted by Crippen LogP contribution is -2.38. The van der Waals surface area contributed by atoms with Gasteiger partial charge in [-0.15, -0.1) is 0 Å². The standard InChI is InChI=1S/C17H23BrO2/c1-16(2)4-6-17(19,7-5-16)11-13-10-14(18)9-12-3-8-20-15(12)13/h9-10,19H,3-8,11H2,1-2H3. The third-order valence-electron chi connectivity index (χ3n) is 4.88. The predicted octanol–water partition coefficient (Wildman–Crippen LogP) is 4.26. The molecular weight excluding hydrogens is 316 g/mol. The first-order valence-electron chi connectivity index (χ1n) is 7.53. The van der Waals surface area contributed by atoms with E-state index in [0.717, 1.165) is 54.5 Å². The molecule has 1 N–H and O–H groups in total. The van der Waals surface area contributed by atoms with Crippen molar-refractivity contribution in [3.05, 3.63) is 27.7 Å². The SMILES string of the molecule is CC1(C)CCC(O)(Cc2cc(Br)cc3c2OCC3)CC1. The molecule has 3 rings (SSSR count). The number of benzene rings is 1. The maximum absolute atomic E-state index is 10.9. The monoisotopic (exact) mass is 338 g/mol. The van der Waals surface area contributed by atoms with Gasteiger partial charge in [-0.3, -0.25) is 0 Å². The maximum Gasteiger partial charge on any atom is 0.125 e. The molecule has 110 valence electrons. The molecule has 0 saturated heterocycles.